The molecular formula is C20H28N4O2. The SMILES string of the molecule is CC(C)C(=O)N1CCC2(CC1)NC(=O)[C@@H]1CN(Cc3cccnc3)C[C@@H]12. The molecule has 1 aromatic heterocycles. The number of carbonyl (C=O) groups is 2. The van der Waals surface area contributed by atoms with Gasteiger partial charge in [0.05, 0.1) is 5.92 Å². The van der Waals surface area contributed by atoms with E-state index in [0.29, 0.717) is 5.92 Å². The maximum atomic E-state index is 12.6. The first kappa shape index (κ1) is 17.5. The van der Waals surface area contributed by atoms with Gasteiger partial charge in [-0.1, -0.05) is 19.9 Å². The second-order valence-corrected chi connectivity index (χ2v) is 8.39. The molecule has 0 aromatic carbocycles. The van der Waals surface area contributed by atoms with Crippen molar-refractivity contribution in [2.45, 2.75) is 38.8 Å². The normalized spacial score (nSPS) is 27.8. The minimum Gasteiger partial charge on any atom is -0.350 e. The van der Waals surface area contributed by atoms with Gasteiger partial charge in [-0.2, -0.15) is 0 Å². The van der Waals surface area contributed by atoms with Crippen LogP contribution in [0.4, 0.5) is 0 Å². The molecule has 4 heterocycles. The molecule has 26 heavy (non-hydrogen) atoms. The summed E-state index contributed by atoms with van der Waals surface area (Å²) in [7, 11) is 0. The number of pyridine rings is 1. The van der Waals surface area contributed by atoms with Crippen LogP contribution in [0, 0.1) is 17.8 Å². The number of carbonyl (C=O) groups excluding carboxylic acids is 2. The van der Waals surface area contributed by atoms with Gasteiger partial charge in [0.1, 0.15) is 0 Å². The number of likely N-dealkylation sites (tertiary alicyclic amines) is 2. The number of aromatic nitrogens is 1. The lowest BCUT2D eigenvalue weighted by Crippen LogP contribution is -2.56. The molecule has 1 N–H and O–H groups in total. The summed E-state index contributed by atoms with van der Waals surface area (Å²) in [5.41, 5.74) is 1.07. The summed E-state index contributed by atoms with van der Waals surface area (Å²) in [4.78, 5) is 33.4. The topological polar surface area (TPSA) is 65.5 Å². The Balaban J connectivity index is 1.43. The van der Waals surface area contributed by atoms with Crippen molar-refractivity contribution in [3.63, 3.8) is 0 Å². The van der Waals surface area contributed by atoms with Crippen molar-refractivity contribution >= 4 is 11.8 Å². The van der Waals surface area contributed by atoms with E-state index in [1.807, 2.05) is 31.0 Å². The molecule has 0 saturated carbocycles. The lowest BCUT2D eigenvalue weighted by atomic mass is 9.75. The highest BCUT2D eigenvalue weighted by molar-refractivity contribution is 5.84. The van der Waals surface area contributed by atoms with Gasteiger partial charge in [0, 0.05) is 62.5 Å². The third kappa shape index (κ3) is 3.00. The van der Waals surface area contributed by atoms with Crippen molar-refractivity contribution in [2.75, 3.05) is 26.2 Å². The molecule has 3 fully saturated rings. The molecule has 0 aliphatic carbocycles. The number of amides is 2. The molecular weight excluding hydrogens is 328 g/mol. The molecule has 1 spiro atoms. The monoisotopic (exact) mass is 356 g/mol. The third-order valence-corrected chi connectivity index (χ3v) is 6.40. The number of nitrogens with zero attached hydrogens (tertiary/aromatic N) is 3. The van der Waals surface area contributed by atoms with E-state index < -0.39 is 0 Å². The zero-order valence-corrected chi connectivity index (χ0v) is 15.6. The molecule has 4 rings (SSSR count). The Kier molecular flexibility index (Phi) is 4.47. The minimum absolute atomic E-state index is 0.0384. The molecule has 6 heteroatoms. The number of piperidine rings is 1. The number of fused-ring (bicyclic) bond motifs is 2. The van der Waals surface area contributed by atoms with Crippen LogP contribution in [0.3, 0.4) is 0 Å². The molecule has 0 bridgehead atoms. The predicted molar refractivity (Wildman–Crippen MR) is 98.0 cm³/mol. The second kappa shape index (κ2) is 6.65. The highest BCUT2D eigenvalue weighted by atomic mass is 16.2. The smallest absolute Gasteiger partial charge is 0.225 e. The van der Waals surface area contributed by atoms with Gasteiger partial charge in [0.25, 0.3) is 0 Å². The molecule has 3 aliphatic rings. The fourth-order valence-corrected chi connectivity index (χ4v) is 5.01. The van der Waals surface area contributed by atoms with Crippen LogP contribution in [-0.4, -0.2) is 58.3 Å². The van der Waals surface area contributed by atoms with Gasteiger partial charge >= 0.3 is 0 Å². The summed E-state index contributed by atoms with van der Waals surface area (Å²) >= 11 is 0. The number of rotatable bonds is 3. The third-order valence-electron chi connectivity index (χ3n) is 6.40. The van der Waals surface area contributed by atoms with E-state index in [1.54, 1.807) is 6.20 Å². The van der Waals surface area contributed by atoms with Crippen molar-refractivity contribution in [2.24, 2.45) is 17.8 Å². The molecule has 3 aliphatic heterocycles. The second-order valence-electron chi connectivity index (χ2n) is 8.39. The standard InChI is InChI=1S/C20H28N4O2/c1-14(2)19(26)24-8-5-20(6-9-24)17-13-23(12-16(17)18(25)22-20)11-15-4-3-7-21-10-15/h3-4,7,10,14,16-17H,5-6,8-9,11-13H2,1-2H3,(H,22,25)/t16-,17+/m1/s1. The van der Waals surface area contributed by atoms with Gasteiger partial charge < -0.3 is 10.2 Å². The van der Waals surface area contributed by atoms with Crippen LogP contribution >= 0.6 is 0 Å². The Morgan fingerprint density at radius 3 is 2.77 bits per heavy atom. The maximum Gasteiger partial charge on any atom is 0.225 e. The minimum atomic E-state index is -0.126. The Hall–Kier alpha value is -1.95. The van der Waals surface area contributed by atoms with E-state index in [2.05, 4.69) is 21.3 Å². The molecule has 140 valence electrons. The molecule has 3 saturated heterocycles. The lowest BCUT2D eigenvalue weighted by Gasteiger charge is -2.43. The molecule has 2 atom stereocenters. The Morgan fingerprint density at radius 2 is 2.12 bits per heavy atom. The van der Waals surface area contributed by atoms with Crippen molar-refractivity contribution in [1.29, 1.82) is 0 Å². The molecule has 6 nitrogen and oxygen atoms in total. The number of hydrogen-bond acceptors (Lipinski definition) is 4. The number of nitrogens with one attached hydrogen (secondary N) is 1. The van der Waals surface area contributed by atoms with E-state index in [0.717, 1.165) is 45.6 Å². The summed E-state index contributed by atoms with van der Waals surface area (Å²) < 4.78 is 0. The van der Waals surface area contributed by atoms with E-state index in [4.69, 9.17) is 0 Å². The summed E-state index contributed by atoms with van der Waals surface area (Å²) in [6.07, 6.45) is 5.44. The van der Waals surface area contributed by atoms with Gasteiger partial charge in [-0.15, -0.1) is 0 Å². The number of hydrogen-bond donors (Lipinski definition) is 1. The molecule has 0 unspecified atom stereocenters. The fourth-order valence-electron chi connectivity index (χ4n) is 5.01. The highest BCUT2D eigenvalue weighted by Crippen LogP contribution is 2.44. The summed E-state index contributed by atoms with van der Waals surface area (Å²) in [6.45, 7) is 8.02. The first-order valence-electron chi connectivity index (χ1n) is 9.70. The first-order valence-corrected chi connectivity index (χ1v) is 9.70. The summed E-state index contributed by atoms with van der Waals surface area (Å²) in [6, 6.07) is 4.05. The van der Waals surface area contributed by atoms with Gasteiger partial charge in [-0.25, -0.2) is 0 Å². The largest absolute Gasteiger partial charge is 0.350 e. The van der Waals surface area contributed by atoms with Crippen molar-refractivity contribution in [1.82, 2.24) is 20.1 Å². The first-order chi connectivity index (χ1) is 12.5. The van der Waals surface area contributed by atoms with Crippen LogP contribution in [0.15, 0.2) is 24.5 Å². The molecule has 2 amide bonds. The van der Waals surface area contributed by atoms with Crippen LogP contribution in [0.5, 0.6) is 0 Å². The van der Waals surface area contributed by atoms with Crippen LogP contribution < -0.4 is 5.32 Å². The van der Waals surface area contributed by atoms with Gasteiger partial charge in [-0.3, -0.25) is 19.5 Å². The van der Waals surface area contributed by atoms with E-state index in [-0.39, 0.29) is 29.2 Å². The lowest BCUT2D eigenvalue weighted by molar-refractivity contribution is -0.136. The van der Waals surface area contributed by atoms with Crippen molar-refractivity contribution in [3.05, 3.63) is 30.1 Å². The Bertz CT molecular complexity index is 682. The van der Waals surface area contributed by atoms with E-state index >= 15 is 0 Å². The van der Waals surface area contributed by atoms with Crippen molar-refractivity contribution in [3.8, 4) is 0 Å². The quantitative estimate of drug-likeness (QED) is 0.886. The van der Waals surface area contributed by atoms with E-state index in [1.165, 1.54) is 5.56 Å². The van der Waals surface area contributed by atoms with Crippen LogP contribution in [0.1, 0.15) is 32.3 Å². The zero-order chi connectivity index (χ0) is 18.3. The molecule has 1 aromatic rings. The zero-order valence-electron chi connectivity index (χ0n) is 15.6. The average Bonchev–Trinajstić information content (AvgIpc) is 3.16. The van der Waals surface area contributed by atoms with Crippen LogP contribution in [-0.2, 0) is 16.1 Å². The average molecular weight is 356 g/mol. The van der Waals surface area contributed by atoms with Crippen molar-refractivity contribution < 1.29 is 9.59 Å². The molecule has 0 radical (unpaired) electrons. The maximum absolute atomic E-state index is 12.6. The van der Waals surface area contributed by atoms with E-state index in [9.17, 15) is 9.59 Å². The summed E-state index contributed by atoms with van der Waals surface area (Å²) in [5, 5.41) is 3.33. The summed E-state index contributed by atoms with van der Waals surface area (Å²) in [5.74, 6) is 0.899. The highest BCUT2D eigenvalue weighted by Gasteiger charge is 2.57. The Labute approximate surface area is 155 Å². The Morgan fingerprint density at radius 1 is 1.35 bits per heavy atom. The van der Waals surface area contributed by atoms with Crippen LogP contribution in [0.2, 0.25) is 0 Å². The van der Waals surface area contributed by atoms with Crippen LogP contribution in [0.25, 0.3) is 0 Å². The van der Waals surface area contributed by atoms with Gasteiger partial charge in [0.15, 0.2) is 0 Å². The van der Waals surface area contributed by atoms with Gasteiger partial charge in [-0.05, 0) is 24.5 Å². The fraction of sp³-hybridized carbons (Fsp3) is 0.650. The predicted octanol–water partition coefficient (Wildman–Crippen LogP) is 1.28. The van der Waals surface area contributed by atoms with Gasteiger partial charge in [0.2, 0.25) is 11.8 Å².